The van der Waals surface area contributed by atoms with Crippen LogP contribution in [0, 0.1) is 0 Å². The molecule has 0 aliphatic heterocycles. The highest BCUT2D eigenvalue weighted by atomic mass is 32.2. The van der Waals surface area contributed by atoms with E-state index in [0.717, 1.165) is 21.9 Å². The number of rotatable bonds is 10. The Morgan fingerprint density at radius 1 is 0.857 bits per heavy atom. The Bertz CT molecular complexity index is 1230. The lowest BCUT2D eigenvalue weighted by atomic mass is 9.98. The molecule has 1 atom stereocenters. The summed E-state index contributed by atoms with van der Waals surface area (Å²) in [5.41, 5.74) is 3.00. The third-order valence-electron chi connectivity index (χ3n) is 5.57. The Kier molecular flexibility index (Phi) is 9.26. The topological polar surface area (TPSA) is 54.0 Å². The van der Waals surface area contributed by atoms with Gasteiger partial charge in [0.25, 0.3) is 0 Å². The normalized spacial score (nSPS) is 11.8. The van der Waals surface area contributed by atoms with Gasteiger partial charge < -0.3 is 18.9 Å². The zero-order valence-corrected chi connectivity index (χ0v) is 21.9. The smallest absolute Gasteiger partial charge is 0.212 e. The molecule has 184 valence electrons. The van der Waals surface area contributed by atoms with Crippen LogP contribution in [0.3, 0.4) is 0 Å². The predicted octanol–water partition coefficient (Wildman–Crippen LogP) is 7.24. The minimum Gasteiger partial charge on any atom is -0.496 e. The highest BCUT2D eigenvalue weighted by Crippen LogP contribution is 2.50. The van der Waals surface area contributed by atoms with E-state index in [0.29, 0.717) is 29.4 Å². The molecule has 0 saturated carbocycles. The van der Waals surface area contributed by atoms with Crippen LogP contribution in [-0.2, 0) is 4.79 Å². The van der Waals surface area contributed by atoms with Crippen LogP contribution in [0.25, 0.3) is 16.8 Å². The molecular weight excluding hydrogens is 460 g/mol. The monoisotopic (exact) mass is 492 g/mol. The van der Waals surface area contributed by atoms with E-state index in [1.54, 1.807) is 34.5 Å². The summed E-state index contributed by atoms with van der Waals surface area (Å²) in [5.74, 6) is 2.55. The first kappa shape index (κ1) is 26.2. The molecule has 3 aromatic carbocycles. The fourth-order valence-corrected chi connectivity index (χ4v) is 4.83. The molecule has 0 aliphatic rings. The van der Waals surface area contributed by atoms with Gasteiger partial charge in [0.1, 0.15) is 23.0 Å². The molecule has 0 saturated heterocycles. The Labute approximate surface area is 211 Å². The lowest BCUT2D eigenvalue weighted by Gasteiger charge is -2.22. The molecule has 0 aliphatic carbocycles. The molecule has 1 unspecified atom stereocenters. The van der Waals surface area contributed by atoms with Gasteiger partial charge in [-0.05, 0) is 50.1 Å². The minimum absolute atomic E-state index is 0.0419. The average molecular weight is 493 g/mol. The number of methoxy groups -OCH3 is 4. The van der Waals surface area contributed by atoms with Crippen molar-refractivity contribution < 1.29 is 23.7 Å². The van der Waals surface area contributed by atoms with Gasteiger partial charge in [0.05, 0.1) is 39.2 Å². The van der Waals surface area contributed by atoms with Gasteiger partial charge in [-0.15, -0.1) is 0 Å². The number of allylic oxidation sites excluding steroid dienone is 2. The lowest BCUT2D eigenvalue weighted by Crippen LogP contribution is -2.04. The van der Waals surface area contributed by atoms with E-state index in [1.807, 2.05) is 68.5 Å². The van der Waals surface area contributed by atoms with Crippen molar-refractivity contribution in [3.63, 3.8) is 0 Å². The van der Waals surface area contributed by atoms with Crippen LogP contribution in [0.2, 0.25) is 0 Å². The number of fused-ring (bicyclic) bond motifs is 1. The summed E-state index contributed by atoms with van der Waals surface area (Å²) in [7, 11) is 6.48. The average Bonchev–Trinajstić information content (AvgIpc) is 2.88. The molecule has 0 N–H and O–H groups in total. The third kappa shape index (κ3) is 6.20. The molecule has 0 radical (unpaired) electrons. The molecule has 5 nitrogen and oxygen atoms in total. The summed E-state index contributed by atoms with van der Waals surface area (Å²) >= 11 is 1.26. The largest absolute Gasteiger partial charge is 0.496 e. The number of thioether (sulfide) groups is 1. The van der Waals surface area contributed by atoms with Gasteiger partial charge in [0.15, 0.2) is 0 Å². The quantitative estimate of drug-likeness (QED) is 0.220. The van der Waals surface area contributed by atoms with Crippen molar-refractivity contribution in [2.45, 2.75) is 25.5 Å². The van der Waals surface area contributed by atoms with E-state index >= 15 is 0 Å². The van der Waals surface area contributed by atoms with Crippen LogP contribution >= 0.6 is 11.8 Å². The summed E-state index contributed by atoms with van der Waals surface area (Å²) in [6.07, 6.45) is 6.23. The molecule has 6 heteroatoms. The maximum Gasteiger partial charge on any atom is 0.212 e. The number of ether oxygens (including phenoxy) is 4. The van der Waals surface area contributed by atoms with Crippen molar-refractivity contribution >= 4 is 33.7 Å². The molecule has 0 aromatic heterocycles. The predicted molar refractivity (Wildman–Crippen MR) is 145 cm³/mol. The molecule has 35 heavy (non-hydrogen) atoms. The van der Waals surface area contributed by atoms with Gasteiger partial charge in [-0.25, -0.2) is 0 Å². The van der Waals surface area contributed by atoms with Gasteiger partial charge in [-0.2, -0.15) is 0 Å². The molecule has 0 fully saturated rings. The second-order valence-corrected chi connectivity index (χ2v) is 9.32. The summed E-state index contributed by atoms with van der Waals surface area (Å²) in [4.78, 5) is 13.0. The number of hydrogen-bond donors (Lipinski definition) is 0. The van der Waals surface area contributed by atoms with Crippen molar-refractivity contribution in [1.29, 1.82) is 0 Å². The number of carbonyl (C=O) groups is 1. The highest BCUT2D eigenvalue weighted by molar-refractivity contribution is 8.14. The van der Waals surface area contributed by atoms with E-state index < -0.39 is 0 Å². The second kappa shape index (κ2) is 12.4. The molecular formula is C29H32O5S. The molecule has 3 aromatic rings. The fourth-order valence-electron chi connectivity index (χ4n) is 3.91. The maximum atomic E-state index is 13.0. The van der Waals surface area contributed by atoms with Crippen LogP contribution in [0.15, 0.2) is 66.3 Å². The maximum absolute atomic E-state index is 13.0. The molecule has 0 heterocycles. The van der Waals surface area contributed by atoms with E-state index in [4.69, 9.17) is 18.9 Å². The van der Waals surface area contributed by atoms with E-state index in [-0.39, 0.29) is 10.4 Å². The van der Waals surface area contributed by atoms with Crippen molar-refractivity contribution in [3.05, 3.63) is 77.4 Å². The SMILES string of the molecule is COc1ccc(OC)c2c(OC)c(C(CC=C(C)C)SC(=O)C=Cc3ccccc3)cc(OC)c12. The Morgan fingerprint density at radius 2 is 1.49 bits per heavy atom. The van der Waals surface area contributed by atoms with Crippen molar-refractivity contribution in [2.24, 2.45) is 0 Å². The Morgan fingerprint density at radius 3 is 2.06 bits per heavy atom. The lowest BCUT2D eigenvalue weighted by molar-refractivity contribution is -0.107. The fraction of sp³-hybridized carbons (Fsp3) is 0.276. The van der Waals surface area contributed by atoms with E-state index in [1.165, 1.54) is 17.3 Å². The number of carbonyl (C=O) groups excluding carboxylic acids is 1. The first-order valence-electron chi connectivity index (χ1n) is 11.3. The Hall–Kier alpha value is -3.38. The van der Waals surface area contributed by atoms with Crippen LogP contribution < -0.4 is 18.9 Å². The van der Waals surface area contributed by atoms with Gasteiger partial charge in [0, 0.05) is 10.8 Å². The van der Waals surface area contributed by atoms with Crippen LogP contribution in [0.5, 0.6) is 23.0 Å². The number of hydrogen-bond acceptors (Lipinski definition) is 6. The Balaban J connectivity index is 2.14. The van der Waals surface area contributed by atoms with Crippen LogP contribution in [-0.4, -0.2) is 33.6 Å². The zero-order valence-electron chi connectivity index (χ0n) is 21.1. The van der Waals surface area contributed by atoms with Gasteiger partial charge in [0.2, 0.25) is 5.12 Å². The second-order valence-electron chi connectivity index (χ2n) is 8.11. The van der Waals surface area contributed by atoms with Crippen LogP contribution in [0.4, 0.5) is 0 Å². The minimum atomic E-state index is -0.206. The summed E-state index contributed by atoms with van der Waals surface area (Å²) < 4.78 is 23.0. The van der Waals surface area contributed by atoms with E-state index in [9.17, 15) is 4.79 Å². The standard InChI is InChI=1S/C29H32O5S/c1-19(2)12-16-25(35-26(30)17-13-20-10-8-7-9-11-20)21-18-24(33-5)27-22(31-3)14-15-23(32-4)28(27)29(21)34-6/h7-15,17-18,25H,16H2,1-6H3. The summed E-state index contributed by atoms with van der Waals surface area (Å²) in [6, 6.07) is 15.4. The van der Waals surface area contributed by atoms with Crippen molar-refractivity contribution in [2.75, 3.05) is 28.4 Å². The molecule has 0 spiro atoms. The first-order chi connectivity index (χ1) is 16.9. The third-order valence-corrected chi connectivity index (χ3v) is 6.67. The van der Waals surface area contributed by atoms with Gasteiger partial charge >= 0.3 is 0 Å². The van der Waals surface area contributed by atoms with Gasteiger partial charge in [-0.3, -0.25) is 4.79 Å². The van der Waals surface area contributed by atoms with Gasteiger partial charge in [-0.1, -0.05) is 59.8 Å². The number of benzene rings is 3. The summed E-state index contributed by atoms with van der Waals surface area (Å²) in [5, 5.41) is 1.26. The molecule has 3 rings (SSSR count). The summed E-state index contributed by atoms with van der Waals surface area (Å²) in [6.45, 7) is 4.09. The van der Waals surface area contributed by atoms with Crippen molar-refractivity contribution in [1.82, 2.24) is 0 Å². The molecule has 0 bridgehead atoms. The van der Waals surface area contributed by atoms with E-state index in [2.05, 4.69) is 6.08 Å². The van der Waals surface area contributed by atoms with Crippen LogP contribution in [0.1, 0.15) is 36.6 Å². The zero-order chi connectivity index (χ0) is 25.4. The highest BCUT2D eigenvalue weighted by Gasteiger charge is 2.26. The van der Waals surface area contributed by atoms with Crippen molar-refractivity contribution in [3.8, 4) is 23.0 Å². The first-order valence-corrected chi connectivity index (χ1v) is 12.2. The molecule has 0 amide bonds.